The largest absolute Gasteiger partial charge is 0.325 e. The molecule has 1 aliphatic rings. The lowest BCUT2D eigenvalue weighted by Crippen LogP contribution is -2.29. The van der Waals surface area contributed by atoms with Gasteiger partial charge in [0.25, 0.3) is 0 Å². The van der Waals surface area contributed by atoms with Crippen LogP contribution in [0.5, 0.6) is 0 Å². The van der Waals surface area contributed by atoms with Crippen LogP contribution in [0.15, 0.2) is 42.5 Å². The SMILES string of the molecule is CCc1cccc(CC)c1NC(=O)C1CC(=O)N(c2ccccc2C)C1. The fourth-order valence-corrected chi connectivity index (χ4v) is 3.61. The predicted octanol–water partition coefficient (Wildman–Crippen LogP) is 4.11. The number of aryl methyl sites for hydroxylation is 3. The Hall–Kier alpha value is -2.62. The van der Waals surface area contributed by atoms with Gasteiger partial charge in [-0.15, -0.1) is 0 Å². The summed E-state index contributed by atoms with van der Waals surface area (Å²) in [4.78, 5) is 27.1. The van der Waals surface area contributed by atoms with Crippen LogP contribution in [0.4, 0.5) is 11.4 Å². The molecule has 2 amide bonds. The second kappa shape index (κ2) is 7.73. The lowest BCUT2D eigenvalue weighted by Gasteiger charge is -2.19. The van der Waals surface area contributed by atoms with Gasteiger partial charge >= 0.3 is 0 Å². The molecule has 2 aromatic carbocycles. The minimum absolute atomic E-state index is 0.0129. The summed E-state index contributed by atoms with van der Waals surface area (Å²) >= 11 is 0. The molecular weight excluding hydrogens is 324 g/mol. The molecule has 0 spiro atoms. The van der Waals surface area contributed by atoms with Crippen LogP contribution in [0.25, 0.3) is 0 Å². The third-order valence-electron chi connectivity index (χ3n) is 5.15. The van der Waals surface area contributed by atoms with Gasteiger partial charge in [-0.1, -0.05) is 50.2 Å². The zero-order valence-electron chi connectivity index (χ0n) is 15.7. The average molecular weight is 350 g/mol. The minimum atomic E-state index is -0.322. The number of hydrogen-bond donors (Lipinski definition) is 1. The van der Waals surface area contributed by atoms with E-state index >= 15 is 0 Å². The van der Waals surface area contributed by atoms with Crippen molar-refractivity contribution < 1.29 is 9.59 Å². The molecular formula is C22H26N2O2. The number of nitrogens with one attached hydrogen (secondary N) is 1. The van der Waals surface area contributed by atoms with Gasteiger partial charge in [0.15, 0.2) is 0 Å². The molecule has 1 N–H and O–H groups in total. The van der Waals surface area contributed by atoms with Crippen LogP contribution in [0.1, 0.15) is 37.0 Å². The van der Waals surface area contributed by atoms with E-state index in [2.05, 4.69) is 19.2 Å². The number of benzene rings is 2. The van der Waals surface area contributed by atoms with Crippen LogP contribution in [-0.2, 0) is 22.4 Å². The molecule has 1 aliphatic heterocycles. The van der Waals surface area contributed by atoms with Crippen LogP contribution < -0.4 is 10.2 Å². The van der Waals surface area contributed by atoms with Crippen molar-refractivity contribution in [3.05, 3.63) is 59.2 Å². The molecule has 4 nitrogen and oxygen atoms in total. The maximum Gasteiger partial charge on any atom is 0.229 e. The number of carbonyl (C=O) groups excluding carboxylic acids is 2. The second-order valence-electron chi connectivity index (χ2n) is 6.84. The Labute approximate surface area is 155 Å². The molecule has 26 heavy (non-hydrogen) atoms. The molecule has 0 saturated carbocycles. The molecule has 0 radical (unpaired) electrons. The average Bonchev–Trinajstić information content (AvgIpc) is 3.04. The monoisotopic (exact) mass is 350 g/mol. The number of carbonyl (C=O) groups is 2. The maximum absolute atomic E-state index is 12.9. The van der Waals surface area contributed by atoms with Gasteiger partial charge in [-0.2, -0.15) is 0 Å². The molecule has 1 heterocycles. The van der Waals surface area contributed by atoms with Gasteiger partial charge < -0.3 is 10.2 Å². The summed E-state index contributed by atoms with van der Waals surface area (Å²) < 4.78 is 0. The number of nitrogens with zero attached hydrogens (tertiary/aromatic N) is 1. The highest BCUT2D eigenvalue weighted by atomic mass is 16.2. The van der Waals surface area contributed by atoms with Crippen molar-refractivity contribution >= 4 is 23.2 Å². The Morgan fingerprint density at radius 2 is 1.73 bits per heavy atom. The smallest absolute Gasteiger partial charge is 0.229 e. The summed E-state index contributed by atoms with van der Waals surface area (Å²) in [5.41, 5.74) is 5.14. The normalized spacial score (nSPS) is 16.8. The Bertz CT molecular complexity index is 806. The summed E-state index contributed by atoms with van der Waals surface area (Å²) in [5, 5.41) is 3.11. The number of hydrogen-bond acceptors (Lipinski definition) is 2. The van der Waals surface area contributed by atoms with Crippen molar-refractivity contribution in [1.82, 2.24) is 0 Å². The molecule has 1 fully saturated rings. The fraction of sp³-hybridized carbons (Fsp3) is 0.364. The lowest BCUT2D eigenvalue weighted by atomic mass is 10.0. The summed E-state index contributed by atoms with van der Waals surface area (Å²) in [6.45, 7) is 6.60. The van der Waals surface area contributed by atoms with Gasteiger partial charge in [-0.3, -0.25) is 9.59 Å². The molecule has 4 heteroatoms. The van der Waals surface area contributed by atoms with E-state index < -0.39 is 0 Å². The van der Waals surface area contributed by atoms with E-state index in [1.807, 2.05) is 49.4 Å². The van der Waals surface area contributed by atoms with Crippen molar-refractivity contribution in [3.63, 3.8) is 0 Å². The van der Waals surface area contributed by atoms with Crippen LogP contribution >= 0.6 is 0 Å². The molecule has 0 aromatic heterocycles. The summed E-state index contributed by atoms with van der Waals surface area (Å²) in [6, 6.07) is 13.9. The topological polar surface area (TPSA) is 49.4 Å². The van der Waals surface area contributed by atoms with Crippen molar-refractivity contribution in [2.45, 2.75) is 40.0 Å². The van der Waals surface area contributed by atoms with Crippen LogP contribution in [0, 0.1) is 12.8 Å². The van der Waals surface area contributed by atoms with Crippen molar-refractivity contribution in [2.24, 2.45) is 5.92 Å². The molecule has 0 bridgehead atoms. The molecule has 0 aliphatic carbocycles. The number of para-hydroxylation sites is 2. The van der Waals surface area contributed by atoms with E-state index in [1.165, 1.54) is 0 Å². The van der Waals surface area contributed by atoms with Crippen molar-refractivity contribution in [1.29, 1.82) is 0 Å². The first-order valence-electron chi connectivity index (χ1n) is 9.32. The van der Waals surface area contributed by atoms with Gasteiger partial charge in [-0.25, -0.2) is 0 Å². The van der Waals surface area contributed by atoms with Gasteiger partial charge in [0.2, 0.25) is 11.8 Å². The van der Waals surface area contributed by atoms with E-state index in [0.29, 0.717) is 6.54 Å². The Morgan fingerprint density at radius 1 is 1.08 bits per heavy atom. The van der Waals surface area contributed by atoms with Crippen LogP contribution in [-0.4, -0.2) is 18.4 Å². The first kappa shape index (κ1) is 18.2. The minimum Gasteiger partial charge on any atom is -0.325 e. The Morgan fingerprint density at radius 3 is 2.35 bits per heavy atom. The highest BCUT2D eigenvalue weighted by Gasteiger charge is 2.35. The number of anilines is 2. The van der Waals surface area contributed by atoms with Gasteiger partial charge in [0.05, 0.1) is 5.92 Å². The maximum atomic E-state index is 12.9. The van der Waals surface area contributed by atoms with Crippen LogP contribution in [0.3, 0.4) is 0 Å². The quantitative estimate of drug-likeness (QED) is 0.882. The zero-order valence-corrected chi connectivity index (χ0v) is 15.7. The highest BCUT2D eigenvalue weighted by Crippen LogP contribution is 2.29. The number of amides is 2. The van der Waals surface area contributed by atoms with E-state index in [-0.39, 0.29) is 24.2 Å². The van der Waals surface area contributed by atoms with Gasteiger partial charge in [0, 0.05) is 24.3 Å². The summed E-state index contributed by atoms with van der Waals surface area (Å²) in [5.74, 6) is -0.374. The summed E-state index contributed by atoms with van der Waals surface area (Å²) in [6.07, 6.45) is 1.99. The van der Waals surface area contributed by atoms with Crippen molar-refractivity contribution in [3.8, 4) is 0 Å². The third-order valence-corrected chi connectivity index (χ3v) is 5.15. The van der Waals surface area contributed by atoms with Crippen LogP contribution in [0.2, 0.25) is 0 Å². The molecule has 1 saturated heterocycles. The van der Waals surface area contributed by atoms with Gasteiger partial charge in [0.1, 0.15) is 0 Å². The molecule has 1 unspecified atom stereocenters. The van der Waals surface area contributed by atoms with E-state index in [0.717, 1.165) is 40.9 Å². The van der Waals surface area contributed by atoms with E-state index in [9.17, 15) is 9.59 Å². The fourth-order valence-electron chi connectivity index (χ4n) is 3.61. The highest BCUT2D eigenvalue weighted by molar-refractivity contribution is 6.04. The first-order chi connectivity index (χ1) is 12.5. The molecule has 136 valence electrons. The van der Waals surface area contributed by atoms with E-state index in [1.54, 1.807) is 4.90 Å². The third kappa shape index (κ3) is 3.50. The van der Waals surface area contributed by atoms with Crippen molar-refractivity contribution in [2.75, 3.05) is 16.8 Å². The Balaban J connectivity index is 1.78. The second-order valence-corrected chi connectivity index (χ2v) is 6.84. The first-order valence-corrected chi connectivity index (χ1v) is 9.32. The predicted molar refractivity (Wildman–Crippen MR) is 105 cm³/mol. The standard InChI is InChI=1S/C22H26N2O2/c1-4-16-10-8-11-17(5-2)21(16)23-22(26)18-13-20(25)24(14-18)19-12-7-6-9-15(19)3/h6-12,18H,4-5,13-14H2,1-3H3,(H,23,26). The molecule has 3 rings (SSSR count). The molecule has 2 aromatic rings. The number of rotatable bonds is 5. The summed E-state index contributed by atoms with van der Waals surface area (Å²) in [7, 11) is 0. The van der Waals surface area contributed by atoms with Gasteiger partial charge in [-0.05, 0) is 42.5 Å². The zero-order chi connectivity index (χ0) is 18.7. The molecule has 1 atom stereocenters. The Kier molecular flexibility index (Phi) is 5.40. The van der Waals surface area contributed by atoms with E-state index in [4.69, 9.17) is 0 Å². The lowest BCUT2D eigenvalue weighted by molar-refractivity contribution is -0.122.